The van der Waals surface area contributed by atoms with E-state index in [0.717, 1.165) is 36.6 Å². The van der Waals surface area contributed by atoms with Crippen LogP contribution in [0, 0.1) is 6.92 Å². The smallest absolute Gasteiger partial charge is 0.261 e. The molecule has 1 saturated heterocycles. The van der Waals surface area contributed by atoms with Crippen molar-refractivity contribution in [3.63, 3.8) is 0 Å². The second kappa shape index (κ2) is 4.53. The maximum atomic E-state index is 5.36. The molecule has 2 aromatic rings. The standard InChI is InChI=1S/C12H17N5O/c1-8-10(7-14-17(8)2)12-15-11(16-18-12)9-4-3-5-13-6-9/h7,9,13H,3-6H2,1-2H3. The highest BCUT2D eigenvalue weighted by molar-refractivity contribution is 5.54. The minimum absolute atomic E-state index is 0.369. The average molecular weight is 247 g/mol. The fourth-order valence-electron chi connectivity index (χ4n) is 2.29. The number of hydrogen-bond acceptors (Lipinski definition) is 5. The third kappa shape index (κ3) is 1.92. The predicted molar refractivity (Wildman–Crippen MR) is 66.1 cm³/mol. The molecule has 2 aromatic heterocycles. The van der Waals surface area contributed by atoms with Gasteiger partial charge in [-0.1, -0.05) is 5.16 Å². The molecule has 96 valence electrons. The van der Waals surface area contributed by atoms with Gasteiger partial charge in [-0.3, -0.25) is 4.68 Å². The summed E-state index contributed by atoms with van der Waals surface area (Å²) in [5.41, 5.74) is 1.95. The van der Waals surface area contributed by atoms with E-state index in [0.29, 0.717) is 11.8 Å². The highest BCUT2D eigenvalue weighted by Gasteiger charge is 2.22. The van der Waals surface area contributed by atoms with Crippen molar-refractivity contribution < 1.29 is 4.52 Å². The van der Waals surface area contributed by atoms with Gasteiger partial charge in [0.05, 0.1) is 11.8 Å². The number of piperidine rings is 1. The third-order valence-electron chi connectivity index (χ3n) is 3.57. The van der Waals surface area contributed by atoms with Crippen LogP contribution in [0.1, 0.15) is 30.3 Å². The van der Waals surface area contributed by atoms with Crippen molar-refractivity contribution in [2.45, 2.75) is 25.7 Å². The molecule has 6 heteroatoms. The van der Waals surface area contributed by atoms with Gasteiger partial charge in [0.1, 0.15) is 0 Å². The first kappa shape index (κ1) is 11.4. The van der Waals surface area contributed by atoms with E-state index in [1.165, 1.54) is 6.42 Å². The number of rotatable bonds is 2. The molecular formula is C12H17N5O. The van der Waals surface area contributed by atoms with Gasteiger partial charge in [-0.25, -0.2) is 0 Å². The Kier molecular flexibility index (Phi) is 2.87. The molecule has 0 aromatic carbocycles. The molecule has 1 aliphatic heterocycles. The third-order valence-corrected chi connectivity index (χ3v) is 3.57. The van der Waals surface area contributed by atoms with Gasteiger partial charge in [0.25, 0.3) is 5.89 Å². The summed E-state index contributed by atoms with van der Waals surface area (Å²) in [4.78, 5) is 4.51. The first-order chi connectivity index (χ1) is 8.75. The normalized spacial score (nSPS) is 20.2. The van der Waals surface area contributed by atoms with E-state index < -0.39 is 0 Å². The van der Waals surface area contributed by atoms with Gasteiger partial charge in [-0.05, 0) is 26.3 Å². The van der Waals surface area contributed by atoms with Crippen LogP contribution in [0.3, 0.4) is 0 Å². The highest BCUT2D eigenvalue weighted by atomic mass is 16.5. The van der Waals surface area contributed by atoms with E-state index >= 15 is 0 Å². The van der Waals surface area contributed by atoms with Crippen LogP contribution in [0.15, 0.2) is 10.7 Å². The summed E-state index contributed by atoms with van der Waals surface area (Å²) in [6.07, 6.45) is 4.06. The molecule has 1 aliphatic rings. The summed E-state index contributed by atoms with van der Waals surface area (Å²) >= 11 is 0. The highest BCUT2D eigenvalue weighted by Crippen LogP contribution is 2.25. The molecule has 3 rings (SSSR count). The summed E-state index contributed by atoms with van der Waals surface area (Å²) in [6, 6.07) is 0. The number of aryl methyl sites for hydroxylation is 1. The summed E-state index contributed by atoms with van der Waals surface area (Å²) in [7, 11) is 1.90. The molecule has 1 atom stereocenters. The Balaban J connectivity index is 1.87. The van der Waals surface area contributed by atoms with E-state index in [1.54, 1.807) is 10.9 Å². The maximum Gasteiger partial charge on any atom is 0.261 e. The summed E-state index contributed by atoms with van der Waals surface area (Å²) in [5, 5.41) is 11.7. The molecule has 0 saturated carbocycles. The fourth-order valence-corrected chi connectivity index (χ4v) is 2.29. The van der Waals surface area contributed by atoms with E-state index in [9.17, 15) is 0 Å². The summed E-state index contributed by atoms with van der Waals surface area (Å²) < 4.78 is 7.16. The predicted octanol–water partition coefficient (Wildman–Crippen LogP) is 1.25. The Morgan fingerprint density at radius 3 is 3.06 bits per heavy atom. The lowest BCUT2D eigenvalue weighted by Gasteiger charge is -2.19. The SMILES string of the molecule is Cc1c(-c2nc(C3CCCNC3)no2)cnn1C. The molecule has 0 amide bonds. The largest absolute Gasteiger partial charge is 0.334 e. The zero-order valence-electron chi connectivity index (χ0n) is 10.7. The van der Waals surface area contributed by atoms with Crippen molar-refractivity contribution in [2.24, 2.45) is 7.05 Å². The Labute approximate surface area is 105 Å². The first-order valence-electron chi connectivity index (χ1n) is 6.29. The molecule has 6 nitrogen and oxygen atoms in total. The van der Waals surface area contributed by atoms with Gasteiger partial charge in [-0.15, -0.1) is 0 Å². The molecule has 1 N–H and O–H groups in total. The second-order valence-corrected chi connectivity index (χ2v) is 4.77. The van der Waals surface area contributed by atoms with Gasteiger partial charge in [0.2, 0.25) is 0 Å². The Morgan fingerprint density at radius 2 is 2.39 bits per heavy atom. The number of aromatic nitrogens is 4. The molecule has 0 bridgehead atoms. The van der Waals surface area contributed by atoms with Crippen molar-refractivity contribution in [3.05, 3.63) is 17.7 Å². The van der Waals surface area contributed by atoms with Crippen molar-refractivity contribution >= 4 is 0 Å². The Bertz CT molecular complexity index is 538. The van der Waals surface area contributed by atoms with Crippen molar-refractivity contribution in [1.29, 1.82) is 0 Å². The molecular weight excluding hydrogens is 230 g/mol. The number of nitrogens with zero attached hydrogens (tertiary/aromatic N) is 4. The van der Waals surface area contributed by atoms with Crippen LogP contribution < -0.4 is 5.32 Å². The van der Waals surface area contributed by atoms with Crippen LogP contribution in [-0.2, 0) is 7.05 Å². The van der Waals surface area contributed by atoms with Gasteiger partial charge in [0.15, 0.2) is 5.82 Å². The lowest BCUT2D eigenvalue weighted by molar-refractivity contribution is 0.393. The Morgan fingerprint density at radius 1 is 1.50 bits per heavy atom. The first-order valence-corrected chi connectivity index (χ1v) is 6.29. The van der Waals surface area contributed by atoms with Crippen LogP contribution >= 0.6 is 0 Å². The molecule has 1 unspecified atom stereocenters. The van der Waals surface area contributed by atoms with E-state index in [4.69, 9.17) is 4.52 Å². The lowest BCUT2D eigenvalue weighted by atomic mass is 9.99. The fraction of sp³-hybridized carbons (Fsp3) is 0.583. The van der Waals surface area contributed by atoms with Crippen LogP contribution in [0.25, 0.3) is 11.5 Å². The molecule has 1 fully saturated rings. The molecule has 0 spiro atoms. The van der Waals surface area contributed by atoms with Crippen molar-refractivity contribution in [2.75, 3.05) is 13.1 Å². The zero-order chi connectivity index (χ0) is 12.5. The van der Waals surface area contributed by atoms with E-state index in [2.05, 4.69) is 20.6 Å². The topological polar surface area (TPSA) is 68.8 Å². The Hall–Kier alpha value is -1.69. The summed E-state index contributed by atoms with van der Waals surface area (Å²) in [6.45, 7) is 4.02. The molecule has 3 heterocycles. The molecule has 0 aliphatic carbocycles. The average Bonchev–Trinajstić information content (AvgIpc) is 3.00. The lowest BCUT2D eigenvalue weighted by Crippen LogP contribution is -2.28. The van der Waals surface area contributed by atoms with E-state index in [1.807, 2.05) is 14.0 Å². The monoisotopic (exact) mass is 247 g/mol. The zero-order valence-corrected chi connectivity index (χ0v) is 10.7. The second-order valence-electron chi connectivity index (χ2n) is 4.77. The van der Waals surface area contributed by atoms with E-state index in [-0.39, 0.29) is 0 Å². The molecule has 18 heavy (non-hydrogen) atoms. The van der Waals surface area contributed by atoms with Gasteiger partial charge < -0.3 is 9.84 Å². The quantitative estimate of drug-likeness (QED) is 0.864. The van der Waals surface area contributed by atoms with Gasteiger partial charge in [-0.2, -0.15) is 10.1 Å². The minimum Gasteiger partial charge on any atom is -0.334 e. The number of hydrogen-bond donors (Lipinski definition) is 1. The van der Waals surface area contributed by atoms with Gasteiger partial charge in [0, 0.05) is 25.2 Å². The van der Waals surface area contributed by atoms with Crippen LogP contribution in [0.2, 0.25) is 0 Å². The van der Waals surface area contributed by atoms with Crippen LogP contribution in [-0.4, -0.2) is 33.0 Å². The van der Waals surface area contributed by atoms with Crippen LogP contribution in [0.4, 0.5) is 0 Å². The van der Waals surface area contributed by atoms with Gasteiger partial charge >= 0.3 is 0 Å². The van der Waals surface area contributed by atoms with Crippen molar-refractivity contribution in [3.8, 4) is 11.5 Å². The molecule has 0 radical (unpaired) electrons. The van der Waals surface area contributed by atoms with Crippen molar-refractivity contribution in [1.82, 2.24) is 25.2 Å². The minimum atomic E-state index is 0.369. The summed E-state index contributed by atoms with van der Waals surface area (Å²) in [5.74, 6) is 1.75. The maximum absolute atomic E-state index is 5.36. The number of nitrogens with one attached hydrogen (secondary N) is 1. The van der Waals surface area contributed by atoms with Crippen LogP contribution in [0.5, 0.6) is 0 Å².